The molecule has 2 aliphatic rings. The van der Waals surface area contributed by atoms with Gasteiger partial charge in [-0.15, -0.1) is 0 Å². The summed E-state index contributed by atoms with van der Waals surface area (Å²) in [6, 6.07) is 0. The van der Waals surface area contributed by atoms with E-state index >= 15 is 0 Å². The predicted octanol–water partition coefficient (Wildman–Crippen LogP) is 1.07. The number of rotatable bonds is 5. The van der Waals surface area contributed by atoms with E-state index in [-0.39, 0.29) is 11.8 Å². The monoisotopic (exact) mass is 355 g/mol. The second-order valence-electron chi connectivity index (χ2n) is 7.36. The highest BCUT2D eigenvalue weighted by molar-refractivity contribution is 5.76. The lowest BCUT2D eigenvalue weighted by molar-refractivity contribution is -0.130. The smallest absolute Gasteiger partial charge is 0.223 e. The number of likely N-dealkylation sites (tertiary alicyclic amines) is 1. The molecule has 0 aromatic carbocycles. The van der Waals surface area contributed by atoms with Crippen LogP contribution in [0.2, 0.25) is 0 Å². The molecule has 1 aliphatic heterocycles. The molecule has 0 saturated carbocycles. The highest BCUT2D eigenvalue weighted by Gasteiger charge is 2.34. The molecule has 138 valence electrons. The summed E-state index contributed by atoms with van der Waals surface area (Å²) in [5.74, 6) is 0.118. The van der Waals surface area contributed by atoms with Gasteiger partial charge in [0.15, 0.2) is 0 Å². The average Bonchev–Trinajstić information content (AvgIpc) is 3.24. The molecule has 0 spiro atoms. The fourth-order valence-electron chi connectivity index (χ4n) is 4.10. The quantitative estimate of drug-likeness (QED) is 0.837. The number of carbonyl (C=O) groups excluding carboxylic acids is 1. The van der Waals surface area contributed by atoms with Gasteiger partial charge in [0, 0.05) is 56.1 Å². The molecule has 7 nitrogen and oxygen atoms in total. The van der Waals surface area contributed by atoms with Crippen LogP contribution in [0.5, 0.6) is 0 Å². The van der Waals surface area contributed by atoms with Gasteiger partial charge in [-0.25, -0.2) is 0 Å². The number of aliphatic hydroxyl groups is 1. The van der Waals surface area contributed by atoms with Crippen LogP contribution in [0.3, 0.4) is 0 Å². The van der Waals surface area contributed by atoms with Crippen molar-refractivity contribution in [3.63, 3.8) is 0 Å². The van der Waals surface area contributed by atoms with Crippen LogP contribution in [-0.2, 0) is 30.5 Å². The summed E-state index contributed by atoms with van der Waals surface area (Å²) in [5, 5.41) is 17.9. The molecule has 2 aromatic rings. The van der Waals surface area contributed by atoms with E-state index in [0.717, 1.165) is 24.2 Å². The summed E-state index contributed by atoms with van der Waals surface area (Å²) in [4.78, 5) is 22.7. The number of aromatic amines is 1. The van der Waals surface area contributed by atoms with Gasteiger partial charge in [0.05, 0.1) is 17.5 Å². The van der Waals surface area contributed by atoms with Gasteiger partial charge in [0.1, 0.15) is 0 Å². The van der Waals surface area contributed by atoms with Crippen molar-refractivity contribution in [2.24, 2.45) is 5.92 Å². The fourth-order valence-corrected chi connectivity index (χ4v) is 4.10. The Kier molecular flexibility index (Phi) is 4.97. The van der Waals surface area contributed by atoms with Crippen LogP contribution in [0.25, 0.3) is 0 Å². The topological polar surface area (TPSA) is 95.0 Å². The second kappa shape index (κ2) is 7.53. The van der Waals surface area contributed by atoms with E-state index < -0.39 is 6.10 Å². The molecule has 7 heteroatoms. The number of aryl methyl sites for hydroxylation is 2. The molecule has 2 N–H and O–H groups in total. The van der Waals surface area contributed by atoms with Gasteiger partial charge in [-0.2, -0.15) is 5.10 Å². The van der Waals surface area contributed by atoms with Crippen LogP contribution in [-0.4, -0.2) is 55.3 Å². The molecule has 2 aromatic heterocycles. The van der Waals surface area contributed by atoms with Gasteiger partial charge in [-0.1, -0.05) is 0 Å². The number of nitrogens with zero attached hydrogens (tertiary/aromatic N) is 4. The molecule has 2 atom stereocenters. The molecule has 3 heterocycles. The van der Waals surface area contributed by atoms with E-state index in [4.69, 9.17) is 0 Å². The normalized spacial score (nSPS) is 22.4. The summed E-state index contributed by atoms with van der Waals surface area (Å²) >= 11 is 0. The molecule has 1 saturated heterocycles. The van der Waals surface area contributed by atoms with Crippen LogP contribution in [0, 0.1) is 5.92 Å². The Labute approximate surface area is 152 Å². The van der Waals surface area contributed by atoms with Crippen molar-refractivity contribution in [3.8, 4) is 0 Å². The first-order valence-electron chi connectivity index (χ1n) is 9.46. The summed E-state index contributed by atoms with van der Waals surface area (Å²) in [7, 11) is 0. The number of β-amino-alcohol motifs (C(OH)–C–C–N with tert-alkyl or cyclic N) is 1. The highest BCUT2D eigenvalue weighted by atomic mass is 16.3. The van der Waals surface area contributed by atoms with Crippen molar-refractivity contribution in [2.45, 2.75) is 51.0 Å². The molecule has 26 heavy (non-hydrogen) atoms. The molecular formula is C19H25N5O2. The zero-order valence-corrected chi connectivity index (χ0v) is 14.9. The summed E-state index contributed by atoms with van der Waals surface area (Å²) in [6.45, 7) is 0.984. The minimum Gasteiger partial charge on any atom is -0.391 e. The lowest BCUT2D eigenvalue weighted by Crippen LogP contribution is -2.29. The Balaban J connectivity index is 1.32. The SMILES string of the molecule is O=C(CCc1n[nH]c2c1CCCC2)N1C[C@@H](Cc2cnccn2)[C@H](O)C1. The number of aliphatic hydroxyl groups excluding tert-OH is 1. The van der Waals surface area contributed by atoms with Crippen LogP contribution >= 0.6 is 0 Å². The first-order chi connectivity index (χ1) is 12.7. The second-order valence-corrected chi connectivity index (χ2v) is 7.36. The highest BCUT2D eigenvalue weighted by Crippen LogP contribution is 2.24. The van der Waals surface area contributed by atoms with Crippen molar-refractivity contribution in [1.82, 2.24) is 25.1 Å². The predicted molar refractivity (Wildman–Crippen MR) is 95.4 cm³/mol. The van der Waals surface area contributed by atoms with Crippen LogP contribution in [0.4, 0.5) is 0 Å². The van der Waals surface area contributed by atoms with Crippen LogP contribution in [0.1, 0.15) is 41.9 Å². The fraction of sp³-hybridized carbons (Fsp3) is 0.579. The largest absolute Gasteiger partial charge is 0.391 e. The number of amides is 1. The zero-order chi connectivity index (χ0) is 17.9. The number of nitrogens with one attached hydrogen (secondary N) is 1. The van der Waals surface area contributed by atoms with Gasteiger partial charge in [0.25, 0.3) is 0 Å². The van der Waals surface area contributed by atoms with Crippen molar-refractivity contribution in [3.05, 3.63) is 41.2 Å². The minimum atomic E-state index is -0.501. The van der Waals surface area contributed by atoms with Crippen molar-refractivity contribution < 1.29 is 9.90 Å². The summed E-state index contributed by atoms with van der Waals surface area (Å²) in [5.41, 5.74) is 4.48. The lowest BCUT2D eigenvalue weighted by Gasteiger charge is -2.16. The number of hydrogen-bond donors (Lipinski definition) is 2. The first-order valence-corrected chi connectivity index (χ1v) is 9.46. The van der Waals surface area contributed by atoms with E-state index in [0.29, 0.717) is 32.4 Å². The molecule has 1 aliphatic carbocycles. The number of fused-ring (bicyclic) bond motifs is 1. The van der Waals surface area contributed by atoms with E-state index in [1.165, 1.54) is 24.1 Å². The molecule has 0 radical (unpaired) electrons. The van der Waals surface area contributed by atoms with Crippen LogP contribution < -0.4 is 0 Å². The van der Waals surface area contributed by atoms with E-state index in [9.17, 15) is 9.90 Å². The maximum Gasteiger partial charge on any atom is 0.223 e. The molecule has 0 bridgehead atoms. The third-order valence-electron chi connectivity index (χ3n) is 5.56. The van der Waals surface area contributed by atoms with Gasteiger partial charge >= 0.3 is 0 Å². The number of carbonyl (C=O) groups is 1. The van der Waals surface area contributed by atoms with Crippen molar-refractivity contribution in [2.75, 3.05) is 13.1 Å². The third-order valence-corrected chi connectivity index (χ3v) is 5.56. The van der Waals surface area contributed by atoms with Gasteiger partial charge < -0.3 is 10.0 Å². The number of hydrogen-bond acceptors (Lipinski definition) is 5. The van der Waals surface area contributed by atoms with E-state index in [1.54, 1.807) is 23.5 Å². The Bertz CT molecular complexity index is 761. The standard InChI is InChI=1S/C19H25N5O2/c25-18-12-24(11-13(18)9-14-10-20-7-8-21-14)19(26)6-5-17-15-3-1-2-4-16(15)22-23-17/h7-8,10,13,18,25H,1-6,9,11-12H2,(H,22,23)/t13-,18-/m1/s1. The Morgan fingerprint density at radius 1 is 1.27 bits per heavy atom. The summed E-state index contributed by atoms with van der Waals surface area (Å²) in [6.07, 6.45) is 10.8. The van der Waals surface area contributed by atoms with Crippen LogP contribution in [0.15, 0.2) is 18.6 Å². The first kappa shape index (κ1) is 17.1. The van der Waals surface area contributed by atoms with E-state index in [2.05, 4.69) is 20.2 Å². The van der Waals surface area contributed by atoms with Crippen molar-refractivity contribution >= 4 is 5.91 Å². The summed E-state index contributed by atoms with van der Waals surface area (Å²) < 4.78 is 0. The Hall–Kier alpha value is -2.28. The molecule has 0 unspecified atom stereocenters. The number of aromatic nitrogens is 4. The maximum atomic E-state index is 12.6. The zero-order valence-electron chi connectivity index (χ0n) is 14.9. The Morgan fingerprint density at radius 2 is 2.15 bits per heavy atom. The van der Waals surface area contributed by atoms with Crippen molar-refractivity contribution in [1.29, 1.82) is 0 Å². The molecular weight excluding hydrogens is 330 g/mol. The maximum absolute atomic E-state index is 12.6. The van der Waals surface area contributed by atoms with E-state index in [1.807, 2.05) is 0 Å². The Morgan fingerprint density at radius 3 is 3.00 bits per heavy atom. The minimum absolute atomic E-state index is 0.0220. The lowest BCUT2D eigenvalue weighted by atomic mass is 9.94. The molecule has 1 amide bonds. The van der Waals surface area contributed by atoms with Gasteiger partial charge in [-0.05, 0) is 37.7 Å². The van der Waals surface area contributed by atoms with Gasteiger partial charge in [0.2, 0.25) is 5.91 Å². The molecule has 4 rings (SSSR count). The third kappa shape index (κ3) is 3.62. The van der Waals surface area contributed by atoms with Gasteiger partial charge in [-0.3, -0.25) is 19.9 Å². The number of H-pyrrole nitrogens is 1. The molecule has 1 fully saturated rings. The average molecular weight is 355 g/mol.